The molecule has 1 aromatic rings. The normalized spacial score (nSPS) is 17.7. The highest BCUT2D eigenvalue weighted by atomic mass is 19.4. The Labute approximate surface area is 156 Å². The molecule has 27 heavy (non-hydrogen) atoms. The minimum absolute atomic E-state index is 0.00354. The average Bonchev–Trinajstić information content (AvgIpc) is 2.88. The number of hydroxylamine groups is 2. The van der Waals surface area contributed by atoms with Crippen LogP contribution in [-0.2, 0) is 17.5 Å². The van der Waals surface area contributed by atoms with Crippen LogP contribution >= 0.6 is 0 Å². The van der Waals surface area contributed by atoms with Crippen LogP contribution in [0.4, 0.5) is 13.2 Å². The largest absolute Gasteiger partial charge is 0.416 e. The lowest BCUT2D eigenvalue weighted by atomic mass is 9.82. The van der Waals surface area contributed by atoms with E-state index >= 15 is 0 Å². The Bertz CT molecular complexity index is 859. The van der Waals surface area contributed by atoms with Crippen molar-refractivity contribution in [1.29, 1.82) is 0 Å². The average molecular weight is 377 g/mol. The fraction of sp³-hybridized carbons (Fsp3) is 0.381. The van der Waals surface area contributed by atoms with E-state index in [-0.39, 0.29) is 24.2 Å². The first-order valence-electron chi connectivity index (χ1n) is 8.89. The number of carbonyl (C=O) groups is 1. The molecule has 0 aromatic heterocycles. The Balaban J connectivity index is 2.20. The fourth-order valence-electron chi connectivity index (χ4n) is 3.48. The van der Waals surface area contributed by atoms with Crippen molar-refractivity contribution >= 4 is 11.5 Å². The second-order valence-corrected chi connectivity index (χ2v) is 7.57. The zero-order chi connectivity index (χ0) is 20.1. The molecule has 0 unspecified atom stereocenters. The lowest BCUT2D eigenvalue weighted by Gasteiger charge is -2.23. The summed E-state index contributed by atoms with van der Waals surface area (Å²) in [5.41, 5.74) is 2.57. The van der Waals surface area contributed by atoms with Crippen molar-refractivity contribution in [3.63, 3.8) is 0 Å². The standard InChI is InChI=1S/C21H22F3NO2/c1-11(2)17-8-13(9-18(12(3)4)20(17)26)19-16-6-5-15(21(22,23)24)7-14(16)10-25(19)27/h5-9,11-12,27H,10H2,1-4H3. The van der Waals surface area contributed by atoms with Gasteiger partial charge in [0, 0.05) is 22.3 Å². The molecule has 3 nitrogen and oxygen atoms in total. The number of allylic oxidation sites excluding steroid dienone is 5. The van der Waals surface area contributed by atoms with Crippen molar-refractivity contribution in [2.75, 3.05) is 0 Å². The molecular weight excluding hydrogens is 355 g/mol. The van der Waals surface area contributed by atoms with Gasteiger partial charge in [-0.05, 0) is 41.7 Å². The molecule has 1 N–H and O–H groups in total. The summed E-state index contributed by atoms with van der Waals surface area (Å²) in [6, 6.07) is 3.48. The Morgan fingerprint density at radius 3 is 2.07 bits per heavy atom. The number of alkyl halides is 3. The number of rotatable bonds is 2. The van der Waals surface area contributed by atoms with Crippen molar-refractivity contribution in [2.45, 2.75) is 40.4 Å². The van der Waals surface area contributed by atoms with Gasteiger partial charge >= 0.3 is 6.18 Å². The van der Waals surface area contributed by atoms with E-state index in [0.717, 1.165) is 17.2 Å². The molecule has 0 bridgehead atoms. The van der Waals surface area contributed by atoms with E-state index in [1.54, 1.807) is 12.2 Å². The van der Waals surface area contributed by atoms with Gasteiger partial charge in [0.2, 0.25) is 0 Å². The molecule has 0 saturated heterocycles. The van der Waals surface area contributed by atoms with Crippen LogP contribution in [0.5, 0.6) is 0 Å². The third-order valence-corrected chi connectivity index (χ3v) is 4.93. The van der Waals surface area contributed by atoms with Gasteiger partial charge < -0.3 is 0 Å². The second kappa shape index (κ2) is 6.68. The quantitative estimate of drug-likeness (QED) is 0.753. The van der Waals surface area contributed by atoms with Crippen LogP contribution in [0, 0.1) is 11.8 Å². The van der Waals surface area contributed by atoms with E-state index < -0.39 is 11.7 Å². The molecule has 0 spiro atoms. The number of ketones is 1. The van der Waals surface area contributed by atoms with Gasteiger partial charge in [0.05, 0.1) is 17.8 Å². The minimum atomic E-state index is -4.43. The molecule has 0 saturated carbocycles. The highest BCUT2D eigenvalue weighted by molar-refractivity contribution is 6.11. The van der Waals surface area contributed by atoms with Gasteiger partial charge in [0.15, 0.2) is 5.78 Å². The maximum absolute atomic E-state index is 13.0. The molecule has 0 radical (unpaired) electrons. The highest BCUT2D eigenvalue weighted by Gasteiger charge is 2.34. The van der Waals surface area contributed by atoms with Crippen LogP contribution in [0.15, 0.2) is 47.1 Å². The molecule has 3 rings (SSSR count). The van der Waals surface area contributed by atoms with Gasteiger partial charge in [-0.2, -0.15) is 13.2 Å². The minimum Gasteiger partial charge on any atom is -0.289 e. The van der Waals surface area contributed by atoms with Gasteiger partial charge in [-0.1, -0.05) is 33.8 Å². The first-order valence-corrected chi connectivity index (χ1v) is 8.89. The molecule has 6 heteroatoms. The molecule has 144 valence electrons. The Morgan fingerprint density at radius 1 is 1.04 bits per heavy atom. The Hall–Kier alpha value is -2.34. The summed E-state index contributed by atoms with van der Waals surface area (Å²) in [6.07, 6.45) is -0.952. The fourth-order valence-corrected chi connectivity index (χ4v) is 3.48. The summed E-state index contributed by atoms with van der Waals surface area (Å²) in [4.78, 5) is 12.7. The third kappa shape index (κ3) is 3.46. The first kappa shape index (κ1) is 19.4. The lowest BCUT2D eigenvalue weighted by Crippen LogP contribution is -2.20. The Morgan fingerprint density at radius 2 is 1.59 bits per heavy atom. The summed E-state index contributed by atoms with van der Waals surface area (Å²) in [6.45, 7) is 7.66. The Kier molecular flexibility index (Phi) is 4.80. The molecule has 1 aromatic carbocycles. The number of hydrogen-bond donors (Lipinski definition) is 1. The van der Waals surface area contributed by atoms with Crippen LogP contribution in [0.25, 0.3) is 5.70 Å². The van der Waals surface area contributed by atoms with Crippen molar-refractivity contribution < 1.29 is 23.2 Å². The molecular formula is C21H22F3NO2. The van der Waals surface area contributed by atoms with E-state index in [9.17, 15) is 23.2 Å². The van der Waals surface area contributed by atoms with Crippen molar-refractivity contribution in [2.24, 2.45) is 11.8 Å². The summed E-state index contributed by atoms with van der Waals surface area (Å²) in [5, 5.41) is 11.4. The predicted octanol–water partition coefficient (Wildman–Crippen LogP) is 5.37. The van der Waals surface area contributed by atoms with Crippen molar-refractivity contribution in [1.82, 2.24) is 5.06 Å². The molecule has 0 fully saturated rings. The summed E-state index contributed by atoms with van der Waals surface area (Å²) < 4.78 is 39.0. The first-order chi connectivity index (χ1) is 12.5. The second-order valence-electron chi connectivity index (χ2n) is 7.57. The van der Waals surface area contributed by atoms with E-state index in [1.807, 2.05) is 27.7 Å². The predicted molar refractivity (Wildman–Crippen MR) is 96.5 cm³/mol. The zero-order valence-electron chi connectivity index (χ0n) is 15.7. The number of carbonyl (C=O) groups excluding carboxylic acids is 1. The summed E-state index contributed by atoms with van der Waals surface area (Å²) in [7, 11) is 0. The van der Waals surface area contributed by atoms with Gasteiger partial charge in [0.1, 0.15) is 0 Å². The monoisotopic (exact) mass is 377 g/mol. The summed E-state index contributed by atoms with van der Waals surface area (Å²) >= 11 is 0. The molecule has 2 aliphatic rings. The number of Topliss-reactive ketones (excluding diaryl/α,β-unsaturated/α-hetero) is 1. The molecule has 0 amide bonds. The number of benzene rings is 1. The topological polar surface area (TPSA) is 40.5 Å². The maximum atomic E-state index is 13.0. The number of hydrogen-bond acceptors (Lipinski definition) is 3. The van der Waals surface area contributed by atoms with Gasteiger partial charge in [-0.15, -0.1) is 0 Å². The van der Waals surface area contributed by atoms with Crippen molar-refractivity contribution in [3.8, 4) is 0 Å². The van der Waals surface area contributed by atoms with Crippen LogP contribution in [-0.4, -0.2) is 16.1 Å². The summed E-state index contributed by atoms with van der Waals surface area (Å²) in [5.74, 6) is -0.0215. The van der Waals surface area contributed by atoms with E-state index in [2.05, 4.69) is 0 Å². The van der Waals surface area contributed by atoms with Crippen LogP contribution < -0.4 is 0 Å². The lowest BCUT2D eigenvalue weighted by molar-refractivity contribution is -0.137. The van der Waals surface area contributed by atoms with E-state index in [0.29, 0.717) is 33.5 Å². The number of nitrogens with zero attached hydrogens (tertiary/aromatic N) is 1. The van der Waals surface area contributed by atoms with Gasteiger partial charge in [0.25, 0.3) is 0 Å². The molecule has 1 aliphatic heterocycles. The number of halogens is 3. The maximum Gasteiger partial charge on any atom is 0.416 e. The van der Waals surface area contributed by atoms with Crippen LogP contribution in [0.2, 0.25) is 0 Å². The van der Waals surface area contributed by atoms with Gasteiger partial charge in [-0.3, -0.25) is 15.1 Å². The smallest absolute Gasteiger partial charge is 0.289 e. The van der Waals surface area contributed by atoms with Crippen molar-refractivity contribution in [3.05, 3.63) is 63.8 Å². The van der Waals surface area contributed by atoms with Crippen LogP contribution in [0.1, 0.15) is 44.4 Å². The molecule has 0 atom stereocenters. The molecule has 1 heterocycles. The van der Waals surface area contributed by atoms with E-state index in [1.165, 1.54) is 6.07 Å². The number of fused-ring (bicyclic) bond motifs is 1. The van der Waals surface area contributed by atoms with Gasteiger partial charge in [-0.25, -0.2) is 0 Å². The van der Waals surface area contributed by atoms with Crippen LogP contribution in [0.3, 0.4) is 0 Å². The SMILES string of the molecule is CC(C)C1=CC(=C2c3ccc(C(F)(F)F)cc3CN2O)C=C(C(C)C)C1=O. The zero-order valence-corrected chi connectivity index (χ0v) is 15.7. The van der Waals surface area contributed by atoms with E-state index in [4.69, 9.17) is 0 Å². The molecule has 1 aliphatic carbocycles. The third-order valence-electron chi connectivity index (χ3n) is 4.93. The highest BCUT2D eigenvalue weighted by Crippen LogP contribution is 2.40.